The SMILES string of the molecule is N.O=C1O[C@H](CN(Cc2ccccc2)Cc2ccccc2)CN1c1ccc([N+](=O)[O-])cc1.O=CO. The van der Waals surface area contributed by atoms with Crippen LogP contribution in [0.2, 0.25) is 0 Å². The molecule has 1 heterocycles. The van der Waals surface area contributed by atoms with Crippen molar-refractivity contribution in [2.75, 3.05) is 18.0 Å². The number of benzene rings is 3. The number of carboxylic acid groups (broad SMARTS) is 1. The van der Waals surface area contributed by atoms with Gasteiger partial charge in [-0.25, -0.2) is 4.79 Å². The molecule has 184 valence electrons. The number of nitrogens with zero attached hydrogens (tertiary/aromatic N) is 3. The number of rotatable bonds is 8. The van der Waals surface area contributed by atoms with Crippen LogP contribution in [0.25, 0.3) is 0 Å². The Kier molecular flexibility index (Phi) is 10.3. The molecule has 10 nitrogen and oxygen atoms in total. The van der Waals surface area contributed by atoms with Gasteiger partial charge in [0.2, 0.25) is 0 Å². The van der Waals surface area contributed by atoms with Gasteiger partial charge in [0, 0.05) is 37.5 Å². The van der Waals surface area contributed by atoms with Gasteiger partial charge in [0.05, 0.1) is 11.5 Å². The average molecular weight is 481 g/mol. The predicted molar refractivity (Wildman–Crippen MR) is 131 cm³/mol. The number of amides is 1. The summed E-state index contributed by atoms with van der Waals surface area (Å²) < 4.78 is 5.62. The van der Waals surface area contributed by atoms with Crippen molar-refractivity contribution < 1.29 is 24.4 Å². The standard InChI is InChI=1S/C24H23N3O4.CH2O2.H3N/c28-24-26(21-11-13-22(14-12-21)27(29)30)18-23(31-24)17-25(15-19-7-3-1-4-8-19)16-20-9-5-2-6-10-20;2-1-3;/h1-14,23H,15-18H2;1H,(H,2,3);1H3/t23-;;/m1../s1. The van der Waals surface area contributed by atoms with Gasteiger partial charge in [-0.1, -0.05) is 60.7 Å². The zero-order chi connectivity index (χ0) is 24.3. The van der Waals surface area contributed by atoms with Gasteiger partial charge in [0.1, 0.15) is 6.10 Å². The molecule has 0 radical (unpaired) electrons. The summed E-state index contributed by atoms with van der Waals surface area (Å²) in [4.78, 5) is 35.0. The fourth-order valence-corrected chi connectivity index (χ4v) is 3.74. The molecule has 1 aliphatic heterocycles. The first kappa shape index (κ1) is 27.0. The lowest BCUT2D eigenvalue weighted by Gasteiger charge is -2.25. The molecule has 1 saturated heterocycles. The van der Waals surface area contributed by atoms with Crippen LogP contribution in [0.3, 0.4) is 0 Å². The van der Waals surface area contributed by atoms with E-state index in [9.17, 15) is 14.9 Å². The monoisotopic (exact) mass is 480 g/mol. The van der Waals surface area contributed by atoms with E-state index in [4.69, 9.17) is 14.6 Å². The number of non-ortho nitro benzene ring substituents is 1. The van der Waals surface area contributed by atoms with Crippen molar-refractivity contribution in [3.63, 3.8) is 0 Å². The lowest BCUT2D eigenvalue weighted by molar-refractivity contribution is -0.384. The van der Waals surface area contributed by atoms with Gasteiger partial charge in [-0.05, 0) is 23.3 Å². The molecule has 4 N–H and O–H groups in total. The fourth-order valence-electron chi connectivity index (χ4n) is 3.74. The maximum absolute atomic E-state index is 12.5. The maximum atomic E-state index is 12.5. The van der Waals surface area contributed by atoms with Gasteiger partial charge in [0.25, 0.3) is 12.2 Å². The summed E-state index contributed by atoms with van der Waals surface area (Å²) in [5.74, 6) is 0. The first-order valence-electron chi connectivity index (χ1n) is 10.6. The van der Waals surface area contributed by atoms with E-state index in [1.807, 2.05) is 36.4 Å². The quantitative estimate of drug-likeness (QED) is 0.272. The highest BCUT2D eigenvalue weighted by molar-refractivity contribution is 5.89. The van der Waals surface area contributed by atoms with Crippen molar-refractivity contribution in [1.82, 2.24) is 11.1 Å². The second-order valence-corrected chi connectivity index (χ2v) is 7.64. The minimum atomic E-state index is -0.458. The number of hydrogen-bond donors (Lipinski definition) is 2. The number of hydrogen-bond acceptors (Lipinski definition) is 7. The molecule has 0 aromatic heterocycles. The molecule has 1 atom stereocenters. The summed E-state index contributed by atoms with van der Waals surface area (Å²) in [7, 11) is 0. The third kappa shape index (κ3) is 7.91. The van der Waals surface area contributed by atoms with Crippen LogP contribution in [-0.2, 0) is 22.6 Å². The molecule has 1 aliphatic rings. The Bertz CT molecular complexity index is 1040. The number of anilines is 1. The first-order chi connectivity index (χ1) is 16.5. The molecule has 35 heavy (non-hydrogen) atoms. The predicted octanol–water partition coefficient (Wildman–Crippen LogP) is 4.49. The molecule has 3 aromatic carbocycles. The van der Waals surface area contributed by atoms with Crippen LogP contribution in [0.4, 0.5) is 16.2 Å². The first-order valence-corrected chi connectivity index (χ1v) is 10.6. The van der Waals surface area contributed by atoms with E-state index in [-0.39, 0.29) is 24.4 Å². The fraction of sp³-hybridized carbons (Fsp3) is 0.200. The average Bonchev–Trinajstić information content (AvgIpc) is 3.20. The van der Waals surface area contributed by atoms with Gasteiger partial charge in [-0.15, -0.1) is 0 Å². The molecule has 1 fully saturated rings. The van der Waals surface area contributed by atoms with Crippen LogP contribution in [0.5, 0.6) is 0 Å². The maximum Gasteiger partial charge on any atom is 0.414 e. The minimum Gasteiger partial charge on any atom is -0.483 e. The van der Waals surface area contributed by atoms with Gasteiger partial charge < -0.3 is 16.0 Å². The van der Waals surface area contributed by atoms with E-state index in [1.165, 1.54) is 28.2 Å². The third-order valence-electron chi connectivity index (χ3n) is 5.21. The van der Waals surface area contributed by atoms with E-state index in [0.29, 0.717) is 18.8 Å². The molecule has 1 amide bonds. The Hall–Kier alpha value is -4.28. The summed E-state index contributed by atoms with van der Waals surface area (Å²) in [6, 6.07) is 26.3. The summed E-state index contributed by atoms with van der Waals surface area (Å²) in [6.07, 6.45) is -0.728. The van der Waals surface area contributed by atoms with Gasteiger partial charge in [-0.2, -0.15) is 0 Å². The Morgan fingerprint density at radius 1 is 0.971 bits per heavy atom. The van der Waals surface area contributed by atoms with E-state index < -0.39 is 11.0 Å². The molecule has 0 unspecified atom stereocenters. The van der Waals surface area contributed by atoms with Crippen molar-refractivity contribution in [2.24, 2.45) is 0 Å². The van der Waals surface area contributed by atoms with Crippen molar-refractivity contribution in [2.45, 2.75) is 19.2 Å². The van der Waals surface area contributed by atoms with Crippen molar-refractivity contribution in [3.05, 3.63) is 106 Å². The van der Waals surface area contributed by atoms with E-state index >= 15 is 0 Å². The highest BCUT2D eigenvalue weighted by Crippen LogP contribution is 2.25. The van der Waals surface area contributed by atoms with Crippen LogP contribution < -0.4 is 11.1 Å². The molecule has 3 aromatic rings. The Morgan fingerprint density at radius 2 is 1.46 bits per heavy atom. The van der Waals surface area contributed by atoms with Crippen LogP contribution in [-0.4, -0.2) is 46.7 Å². The van der Waals surface area contributed by atoms with Crippen molar-refractivity contribution >= 4 is 23.9 Å². The minimum absolute atomic E-state index is 0. The normalized spacial score (nSPS) is 14.4. The number of nitro benzene ring substituents is 1. The largest absolute Gasteiger partial charge is 0.483 e. The molecule has 0 aliphatic carbocycles. The van der Waals surface area contributed by atoms with E-state index in [2.05, 4.69) is 29.2 Å². The van der Waals surface area contributed by atoms with Crippen molar-refractivity contribution in [1.29, 1.82) is 0 Å². The van der Waals surface area contributed by atoms with Crippen molar-refractivity contribution in [3.8, 4) is 0 Å². The van der Waals surface area contributed by atoms with Crippen LogP contribution in [0.15, 0.2) is 84.9 Å². The smallest absolute Gasteiger partial charge is 0.414 e. The molecule has 0 saturated carbocycles. The molecular weight excluding hydrogens is 452 g/mol. The summed E-state index contributed by atoms with van der Waals surface area (Å²) >= 11 is 0. The molecular formula is C25H28N4O6. The molecule has 10 heteroatoms. The van der Waals surface area contributed by atoms with E-state index in [1.54, 1.807) is 12.1 Å². The summed E-state index contributed by atoms with van der Waals surface area (Å²) in [5.41, 5.74) is 2.96. The van der Waals surface area contributed by atoms with Gasteiger partial charge >= 0.3 is 6.09 Å². The highest BCUT2D eigenvalue weighted by Gasteiger charge is 2.33. The number of carbonyl (C=O) groups excluding carboxylic acids is 1. The number of nitro groups is 1. The lowest BCUT2D eigenvalue weighted by Crippen LogP contribution is -2.34. The second kappa shape index (κ2) is 13.4. The van der Waals surface area contributed by atoms with Gasteiger partial charge in [0.15, 0.2) is 0 Å². The Labute approximate surface area is 203 Å². The van der Waals surface area contributed by atoms with Crippen LogP contribution >= 0.6 is 0 Å². The molecule has 0 bridgehead atoms. The van der Waals surface area contributed by atoms with Crippen LogP contribution in [0, 0.1) is 10.1 Å². The summed E-state index contributed by atoms with van der Waals surface area (Å²) in [5, 5.41) is 17.8. The third-order valence-corrected chi connectivity index (χ3v) is 5.21. The summed E-state index contributed by atoms with van der Waals surface area (Å²) in [6.45, 7) is 2.21. The number of cyclic esters (lactones) is 1. The van der Waals surface area contributed by atoms with Gasteiger partial charge in [-0.3, -0.25) is 24.7 Å². The van der Waals surface area contributed by atoms with E-state index in [0.717, 1.165) is 13.1 Å². The second-order valence-electron chi connectivity index (χ2n) is 7.64. The highest BCUT2D eigenvalue weighted by atomic mass is 16.6. The molecule has 0 spiro atoms. The zero-order valence-electron chi connectivity index (χ0n) is 19.1. The molecule has 4 rings (SSSR count). The number of carbonyl (C=O) groups is 2. The Balaban J connectivity index is 0.00000103. The Morgan fingerprint density at radius 3 is 1.91 bits per heavy atom. The topological polar surface area (TPSA) is 148 Å². The zero-order valence-corrected chi connectivity index (χ0v) is 19.1. The lowest BCUT2D eigenvalue weighted by atomic mass is 10.1. The number of ether oxygens (including phenoxy) is 1. The van der Waals surface area contributed by atoms with Crippen LogP contribution in [0.1, 0.15) is 11.1 Å².